The van der Waals surface area contributed by atoms with Crippen molar-refractivity contribution in [3.63, 3.8) is 0 Å². The number of nitrogens with one attached hydrogen (secondary N) is 1. The molecule has 0 amide bonds. The lowest BCUT2D eigenvalue weighted by molar-refractivity contribution is 0.0336. The molecule has 0 aromatic rings. The molecule has 0 bridgehead atoms. The molecule has 1 N–H and O–H groups in total. The Kier molecular flexibility index (Phi) is 3.78. The monoisotopic (exact) mass is 274 g/mol. The average Bonchev–Trinajstić information content (AvgIpc) is 2.68. The quantitative estimate of drug-likeness (QED) is 0.835. The molecule has 0 radical (unpaired) electrons. The number of hydrogen-bond acceptors (Lipinski definition) is 4. The van der Waals surface area contributed by atoms with E-state index in [9.17, 15) is 8.42 Å². The van der Waals surface area contributed by atoms with Crippen molar-refractivity contribution < 1.29 is 8.42 Å². The average molecular weight is 274 g/mol. The van der Waals surface area contributed by atoms with Crippen LogP contribution in [0.2, 0.25) is 0 Å². The minimum Gasteiger partial charge on any atom is -0.308 e. The highest BCUT2D eigenvalue weighted by atomic mass is 32.2. The molecule has 1 saturated carbocycles. The van der Waals surface area contributed by atoms with Crippen molar-refractivity contribution in [3.05, 3.63) is 0 Å². The zero-order valence-corrected chi connectivity index (χ0v) is 12.6. The standard InChI is InChI=1S/C13H26N2O2S/c1-12(2)10-14-13(6-4-5-7-13)11-15(12)8-9-18(3,16)17/h14H,4-11H2,1-3H3. The maximum Gasteiger partial charge on any atom is 0.148 e. The predicted molar refractivity (Wildman–Crippen MR) is 74.6 cm³/mol. The molecule has 0 aromatic heterocycles. The zero-order valence-electron chi connectivity index (χ0n) is 11.8. The first-order chi connectivity index (χ1) is 8.23. The van der Waals surface area contributed by atoms with Gasteiger partial charge in [0.1, 0.15) is 9.84 Å². The van der Waals surface area contributed by atoms with Gasteiger partial charge in [-0.2, -0.15) is 0 Å². The molecule has 1 saturated heterocycles. The van der Waals surface area contributed by atoms with Gasteiger partial charge in [0.05, 0.1) is 5.75 Å². The molecular formula is C13H26N2O2S. The lowest BCUT2D eigenvalue weighted by atomic mass is 9.87. The molecular weight excluding hydrogens is 248 g/mol. The molecule has 18 heavy (non-hydrogen) atoms. The topological polar surface area (TPSA) is 49.4 Å². The molecule has 2 rings (SSSR count). The van der Waals surface area contributed by atoms with Crippen LogP contribution in [0.3, 0.4) is 0 Å². The first kappa shape index (κ1) is 14.3. The van der Waals surface area contributed by atoms with Gasteiger partial charge in [-0.15, -0.1) is 0 Å². The Balaban J connectivity index is 2.04. The number of nitrogens with zero attached hydrogens (tertiary/aromatic N) is 1. The van der Waals surface area contributed by atoms with E-state index in [1.807, 2.05) is 0 Å². The van der Waals surface area contributed by atoms with E-state index >= 15 is 0 Å². The van der Waals surface area contributed by atoms with E-state index in [2.05, 4.69) is 24.1 Å². The Morgan fingerprint density at radius 2 is 1.83 bits per heavy atom. The maximum absolute atomic E-state index is 11.4. The molecule has 0 atom stereocenters. The number of rotatable bonds is 3. The van der Waals surface area contributed by atoms with Gasteiger partial charge in [-0.25, -0.2) is 8.42 Å². The van der Waals surface area contributed by atoms with Crippen LogP contribution in [-0.4, -0.2) is 56.0 Å². The van der Waals surface area contributed by atoms with Gasteiger partial charge in [0.2, 0.25) is 0 Å². The summed E-state index contributed by atoms with van der Waals surface area (Å²) in [5, 5.41) is 3.72. The molecule has 1 aliphatic carbocycles. The molecule has 2 fully saturated rings. The van der Waals surface area contributed by atoms with Crippen molar-refractivity contribution in [2.75, 3.05) is 31.6 Å². The summed E-state index contributed by atoms with van der Waals surface area (Å²) in [6.45, 7) is 7.01. The van der Waals surface area contributed by atoms with Crippen LogP contribution in [0, 0.1) is 0 Å². The number of hydrogen-bond donors (Lipinski definition) is 1. The minimum absolute atomic E-state index is 0.0541. The lowest BCUT2D eigenvalue weighted by Crippen LogP contribution is -2.67. The van der Waals surface area contributed by atoms with Gasteiger partial charge in [0.25, 0.3) is 0 Å². The molecule has 2 aliphatic rings. The van der Waals surface area contributed by atoms with Crippen molar-refractivity contribution in [2.45, 2.75) is 50.6 Å². The molecule has 106 valence electrons. The lowest BCUT2D eigenvalue weighted by Gasteiger charge is -2.51. The van der Waals surface area contributed by atoms with Crippen LogP contribution in [0.25, 0.3) is 0 Å². The second kappa shape index (κ2) is 4.76. The summed E-state index contributed by atoms with van der Waals surface area (Å²) in [7, 11) is -2.87. The minimum atomic E-state index is -2.87. The van der Waals surface area contributed by atoms with Gasteiger partial charge >= 0.3 is 0 Å². The molecule has 1 spiro atoms. The summed E-state index contributed by atoms with van der Waals surface area (Å²) in [6.07, 6.45) is 6.39. The fourth-order valence-corrected chi connectivity index (χ4v) is 3.75. The summed E-state index contributed by atoms with van der Waals surface area (Å²) in [5.41, 5.74) is 0.311. The Hall–Kier alpha value is -0.130. The zero-order chi connectivity index (χ0) is 13.4. The summed E-state index contributed by atoms with van der Waals surface area (Å²) >= 11 is 0. The molecule has 0 aromatic carbocycles. The fourth-order valence-electron chi connectivity index (χ4n) is 3.20. The SMILES string of the molecule is CC1(C)CNC2(CCCC2)CN1CCS(C)(=O)=O. The van der Waals surface area contributed by atoms with E-state index in [0.717, 1.165) is 13.1 Å². The van der Waals surface area contributed by atoms with E-state index in [0.29, 0.717) is 6.54 Å². The first-order valence-electron chi connectivity index (χ1n) is 6.90. The van der Waals surface area contributed by atoms with Crippen molar-refractivity contribution >= 4 is 9.84 Å². The molecule has 4 nitrogen and oxygen atoms in total. The van der Waals surface area contributed by atoms with Gasteiger partial charge in [-0.05, 0) is 26.7 Å². The first-order valence-corrected chi connectivity index (χ1v) is 8.96. The third-order valence-corrected chi connectivity index (χ3v) is 5.46. The smallest absolute Gasteiger partial charge is 0.148 e. The van der Waals surface area contributed by atoms with E-state index in [1.54, 1.807) is 0 Å². The third kappa shape index (κ3) is 3.25. The van der Waals surface area contributed by atoms with Crippen LogP contribution in [0.5, 0.6) is 0 Å². The van der Waals surface area contributed by atoms with Gasteiger partial charge in [-0.3, -0.25) is 4.90 Å². The Morgan fingerprint density at radius 1 is 1.22 bits per heavy atom. The Bertz CT molecular complexity index is 397. The van der Waals surface area contributed by atoms with Crippen molar-refractivity contribution in [1.82, 2.24) is 10.2 Å². The molecule has 1 heterocycles. The van der Waals surface area contributed by atoms with Crippen LogP contribution in [0.4, 0.5) is 0 Å². The van der Waals surface area contributed by atoms with Crippen LogP contribution < -0.4 is 5.32 Å². The highest BCUT2D eigenvalue weighted by molar-refractivity contribution is 7.90. The summed E-state index contributed by atoms with van der Waals surface area (Å²) in [6, 6.07) is 0. The van der Waals surface area contributed by atoms with Gasteiger partial charge in [-0.1, -0.05) is 12.8 Å². The van der Waals surface area contributed by atoms with Crippen LogP contribution >= 0.6 is 0 Å². The third-order valence-electron chi connectivity index (χ3n) is 4.54. The van der Waals surface area contributed by atoms with Crippen LogP contribution in [-0.2, 0) is 9.84 Å². The summed E-state index contributed by atoms with van der Waals surface area (Å²) in [4.78, 5) is 2.37. The van der Waals surface area contributed by atoms with Crippen molar-refractivity contribution in [3.8, 4) is 0 Å². The molecule has 1 aliphatic heterocycles. The Morgan fingerprint density at radius 3 is 2.39 bits per heavy atom. The number of piperazine rings is 1. The predicted octanol–water partition coefficient (Wildman–Crippen LogP) is 1.03. The highest BCUT2D eigenvalue weighted by Crippen LogP contribution is 2.35. The fraction of sp³-hybridized carbons (Fsp3) is 1.00. The van der Waals surface area contributed by atoms with Crippen LogP contribution in [0.1, 0.15) is 39.5 Å². The summed E-state index contributed by atoms with van der Waals surface area (Å²) in [5.74, 6) is 0.270. The Labute approximate surface area is 111 Å². The highest BCUT2D eigenvalue weighted by Gasteiger charge is 2.43. The molecule has 5 heteroatoms. The van der Waals surface area contributed by atoms with Crippen LogP contribution in [0.15, 0.2) is 0 Å². The second-order valence-corrected chi connectivity index (χ2v) is 8.96. The van der Waals surface area contributed by atoms with E-state index in [4.69, 9.17) is 0 Å². The van der Waals surface area contributed by atoms with Gasteiger partial charge in [0, 0.05) is 37.0 Å². The van der Waals surface area contributed by atoms with E-state index in [-0.39, 0.29) is 16.8 Å². The second-order valence-electron chi connectivity index (χ2n) is 6.70. The van der Waals surface area contributed by atoms with Crippen molar-refractivity contribution in [2.24, 2.45) is 0 Å². The van der Waals surface area contributed by atoms with Gasteiger partial charge < -0.3 is 5.32 Å². The van der Waals surface area contributed by atoms with Crippen molar-refractivity contribution in [1.29, 1.82) is 0 Å². The van der Waals surface area contributed by atoms with E-state index < -0.39 is 9.84 Å². The maximum atomic E-state index is 11.4. The number of sulfone groups is 1. The normalized spacial score (nSPS) is 27.7. The molecule has 0 unspecified atom stereocenters. The van der Waals surface area contributed by atoms with Gasteiger partial charge in [0.15, 0.2) is 0 Å². The largest absolute Gasteiger partial charge is 0.308 e. The summed E-state index contributed by atoms with van der Waals surface area (Å²) < 4.78 is 22.7. The van der Waals surface area contributed by atoms with E-state index in [1.165, 1.54) is 31.9 Å².